The molecule has 0 aliphatic rings. The molecule has 0 radical (unpaired) electrons. The van der Waals surface area contributed by atoms with Gasteiger partial charge in [-0.3, -0.25) is 14.9 Å². The van der Waals surface area contributed by atoms with E-state index >= 15 is 0 Å². The molecule has 1 unspecified atom stereocenters. The molecule has 0 heterocycles. The standard InChI is InChI=1S/C12H14N2O5/c1-7(2)10(12(16)17)13-11(15)8-3-5-9(6-4-8)14(18)19/h3-7,10H,1-2H3,(H,13,15)(H,16,17). The summed E-state index contributed by atoms with van der Waals surface area (Å²) in [6.45, 7) is 3.35. The summed E-state index contributed by atoms with van der Waals surface area (Å²) in [4.78, 5) is 32.6. The minimum absolute atomic E-state index is 0.129. The number of amides is 1. The Kier molecular flexibility index (Phi) is 4.57. The van der Waals surface area contributed by atoms with E-state index in [1.54, 1.807) is 13.8 Å². The molecule has 0 aliphatic carbocycles. The predicted octanol–water partition coefficient (Wildman–Crippen LogP) is 1.43. The molecule has 0 saturated carbocycles. The molecule has 102 valence electrons. The number of nitro groups is 1. The van der Waals surface area contributed by atoms with Gasteiger partial charge in [0.25, 0.3) is 11.6 Å². The predicted molar refractivity (Wildman–Crippen MR) is 66.8 cm³/mol. The van der Waals surface area contributed by atoms with Crippen LogP contribution in [0.4, 0.5) is 5.69 Å². The van der Waals surface area contributed by atoms with Crippen molar-refractivity contribution in [1.82, 2.24) is 5.32 Å². The van der Waals surface area contributed by atoms with Gasteiger partial charge in [-0.25, -0.2) is 4.79 Å². The van der Waals surface area contributed by atoms with Gasteiger partial charge in [-0.05, 0) is 18.1 Å². The van der Waals surface area contributed by atoms with E-state index in [2.05, 4.69) is 5.32 Å². The van der Waals surface area contributed by atoms with Gasteiger partial charge in [0.2, 0.25) is 0 Å². The van der Waals surface area contributed by atoms with Crippen molar-refractivity contribution in [3.05, 3.63) is 39.9 Å². The highest BCUT2D eigenvalue weighted by Gasteiger charge is 2.24. The SMILES string of the molecule is CC(C)C(NC(=O)c1ccc([N+](=O)[O-])cc1)C(=O)O. The van der Waals surface area contributed by atoms with Gasteiger partial charge in [-0.1, -0.05) is 13.8 Å². The number of benzene rings is 1. The lowest BCUT2D eigenvalue weighted by atomic mass is 10.0. The first-order chi connectivity index (χ1) is 8.82. The molecule has 0 aromatic heterocycles. The summed E-state index contributed by atoms with van der Waals surface area (Å²) in [6, 6.07) is 3.96. The highest BCUT2D eigenvalue weighted by molar-refractivity contribution is 5.96. The largest absolute Gasteiger partial charge is 0.480 e. The van der Waals surface area contributed by atoms with Gasteiger partial charge in [0.1, 0.15) is 6.04 Å². The summed E-state index contributed by atoms with van der Waals surface area (Å²) < 4.78 is 0. The highest BCUT2D eigenvalue weighted by Crippen LogP contribution is 2.12. The maximum Gasteiger partial charge on any atom is 0.326 e. The number of hydrogen-bond donors (Lipinski definition) is 2. The van der Waals surface area contributed by atoms with Crippen LogP contribution in [0.5, 0.6) is 0 Å². The van der Waals surface area contributed by atoms with Crippen molar-refractivity contribution >= 4 is 17.6 Å². The fourth-order valence-corrected chi connectivity index (χ4v) is 1.47. The number of non-ortho nitro benzene ring substituents is 1. The van der Waals surface area contributed by atoms with E-state index in [1.165, 1.54) is 24.3 Å². The molecule has 1 atom stereocenters. The average Bonchev–Trinajstić information content (AvgIpc) is 2.34. The Bertz CT molecular complexity index is 495. The van der Waals surface area contributed by atoms with Crippen LogP contribution in [0.1, 0.15) is 24.2 Å². The summed E-state index contributed by atoms with van der Waals surface area (Å²) in [6.07, 6.45) is 0. The molecule has 0 aliphatic heterocycles. The molecule has 1 rings (SSSR count). The van der Waals surface area contributed by atoms with Crippen molar-refractivity contribution in [3.63, 3.8) is 0 Å². The lowest BCUT2D eigenvalue weighted by molar-refractivity contribution is -0.384. The van der Waals surface area contributed by atoms with E-state index in [4.69, 9.17) is 5.11 Å². The Morgan fingerprint density at radius 3 is 2.16 bits per heavy atom. The second-order valence-corrected chi connectivity index (χ2v) is 4.34. The number of hydrogen-bond acceptors (Lipinski definition) is 4. The Balaban J connectivity index is 2.83. The molecule has 0 bridgehead atoms. The first kappa shape index (κ1) is 14.6. The summed E-state index contributed by atoms with van der Waals surface area (Å²) in [5, 5.41) is 21.8. The number of carboxylic acid groups (broad SMARTS) is 1. The fourth-order valence-electron chi connectivity index (χ4n) is 1.47. The fraction of sp³-hybridized carbons (Fsp3) is 0.333. The summed E-state index contributed by atoms with van der Waals surface area (Å²) in [7, 11) is 0. The number of carbonyl (C=O) groups is 2. The number of rotatable bonds is 5. The normalized spacial score (nSPS) is 11.9. The van der Waals surface area contributed by atoms with Gasteiger partial charge in [0.05, 0.1) is 4.92 Å². The first-order valence-electron chi connectivity index (χ1n) is 5.61. The molecule has 1 amide bonds. The van der Waals surface area contributed by atoms with Gasteiger partial charge in [0, 0.05) is 17.7 Å². The molecular weight excluding hydrogens is 252 g/mol. The quantitative estimate of drug-likeness (QED) is 0.619. The minimum Gasteiger partial charge on any atom is -0.480 e. The zero-order valence-corrected chi connectivity index (χ0v) is 10.5. The summed E-state index contributed by atoms with van der Waals surface area (Å²) in [5.74, 6) is -1.96. The third-order valence-corrected chi connectivity index (χ3v) is 2.56. The van der Waals surface area contributed by atoms with Crippen molar-refractivity contribution in [2.45, 2.75) is 19.9 Å². The number of nitrogens with zero attached hydrogens (tertiary/aromatic N) is 1. The highest BCUT2D eigenvalue weighted by atomic mass is 16.6. The Morgan fingerprint density at radius 2 is 1.79 bits per heavy atom. The van der Waals surface area contributed by atoms with E-state index in [9.17, 15) is 19.7 Å². The minimum atomic E-state index is -1.12. The van der Waals surface area contributed by atoms with Crippen LogP contribution in [0.3, 0.4) is 0 Å². The molecule has 0 fully saturated rings. The van der Waals surface area contributed by atoms with Crippen molar-refractivity contribution in [2.24, 2.45) is 5.92 Å². The lowest BCUT2D eigenvalue weighted by Crippen LogP contribution is -2.44. The van der Waals surface area contributed by atoms with Crippen LogP contribution in [-0.4, -0.2) is 27.9 Å². The Hall–Kier alpha value is -2.44. The second-order valence-electron chi connectivity index (χ2n) is 4.34. The maximum atomic E-state index is 11.8. The molecular formula is C12H14N2O5. The monoisotopic (exact) mass is 266 g/mol. The van der Waals surface area contributed by atoms with Crippen molar-refractivity contribution in [2.75, 3.05) is 0 Å². The third-order valence-electron chi connectivity index (χ3n) is 2.56. The number of aliphatic carboxylic acids is 1. The number of carboxylic acids is 1. The average molecular weight is 266 g/mol. The van der Waals surface area contributed by atoms with Crippen LogP contribution in [0.2, 0.25) is 0 Å². The van der Waals surface area contributed by atoms with Crippen molar-refractivity contribution in [3.8, 4) is 0 Å². The van der Waals surface area contributed by atoms with E-state index in [-0.39, 0.29) is 17.2 Å². The molecule has 7 nitrogen and oxygen atoms in total. The van der Waals surface area contributed by atoms with Gasteiger partial charge >= 0.3 is 5.97 Å². The van der Waals surface area contributed by atoms with E-state index in [0.29, 0.717) is 0 Å². The van der Waals surface area contributed by atoms with Crippen LogP contribution >= 0.6 is 0 Å². The summed E-state index contributed by atoms with van der Waals surface area (Å²) >= 11 is 0. The van der Waals surface area contributed by atoms with E-state index in [1.807, 2.05) is 0 Å². The first-order valence-corrected chi connectivity index (χ1v) is 5.61. The van der Waals surface area contributed by atoms with Crippen LogP contribution in [0.15, 0.2) is 24.3 Å². The van der Waals surface area contributed by atoms with Gasteiger partial charge in [0.15, 0.2) is 0 Å². The molecule has 1 aromatic rings. The molecule has 7 heteroatoms. The van der Waals surface area contributed by atoms with Crippen LogP contribution in [0, 0.1) is 16.0 Å². The Morgan fingerprint density at radius 1 is 1.26 bits per heavy atom. The molecule has 0 saturated heterocycles. The maximum absolute atomic E-state index is 11.8. The zero-order valence-electron chi connectivity index (χ0n) is 10.5. The summed E-state index contributed by atoms with van der Waals surface area (Å²) in [5.41, 5.74) is 0.0488. The van der Waals surface area contributed by atoms with E-state index < -0.39 is 22.8 Å². The lowest BCUT2D eigenvalue weighted by Gasteiger charge is -2.17. The molecule has 2 N–H and O–H groups in total. The van der Waals surface area contributed by atoms with Crippen molar-refractivity contribution < 1.29 is 19.6 Å². The van der Waals surface area contributed by atoms with Gasteiger partial charge < -0.3 is 10.4 Å². The third kappa shape index (κ3) is 3.77. The number of carbonyl (C=O) groups excluding carboxylic acids is 1. The van der Waals surface area contributed by atoms with Crippen LogP contribution < -0.4 is 5.32 Å². The van der Waals surface area contributed by atoms with Crippen LogP contribution in [-0.2, 0) is 4.79 Å². The van der Waals surface area contributed by atoms with E-state index in [0.717, 1.165) is 0 Å². The topological polar surface area (TPSA) is 110 Å². The van der Waals surface area contributed by atoms with Gasteiger partial charge in [-0.15, -0.1) is 0 Å². The van der Waals surface area contributed by atoms with Crippen LogP contribution in [0.25, 0.3) is 0 Å². The smallest absolute Gasteiger partial charge is 0.326 e. The zero-order chi connectivity index (χ0) is 14.6. The van der Waals surface area contributed by atoms with Gasteiger partial charge in [-0.2, -0.15) is 0 Å². The molecule has 1 aromatic carbocycles. The molecule has 19 heavy (non-hydrogen) atoms. The Labute approximate surface area is 109 Å². The van der Waals surface area contributed by atoms with Crippen molar-refractivity contribution in [1.29, 1.82) is 0 Å². The molecule has 0 spiro atoms. The number of nitrogens with one attached hydrogen (secondary N) is 1. The number of nitro benzene ring substituents is 1. The second kappa shape index (κ2) is 5.94.